The zero-order valence-corrected chi connectivity index (χ0v) is 9.14. The molecule has 0 saturated carbocycles. The zero-order valence-electron chi connectivity index (χ0n) is 9.14. The Morgan fingerprint density at radius 3 is 2.62 bits per heavy atom. The Kier molecular flexibility index (Phi) is 2.07. The summed E-state index contributed by atoms with van der Waals surface area (Å²) in [6.07, 6.45) is 0.926. The summed E-state index contributed by atoms with van der Waals surface area (Å²) < 4.78 is 0. The lowest BCUT2D eigenvalue weighted by molar-refractivity contribution is 0.946. The predicted molar refractivity (Wildman–Crippen MR) is 66.4 cm³/mol. The summed E-state index contributed by atoms with van der Waals surface area (Å²) in [6.45, 7) is 2.09. The lowest BCUT2D eigenvalue weighted by Gasteiger charge is -2.03. The van der Waals surface area contributed by atoms with Crippen LogP contribution >= 0.6 is 0 Å². The van der Waals surface area contributed by atoms with Crippen LogP contribution in [0.3, 0.4) is 0 Å². The van der Waals surface area contributed by atoms with Gasteiger partial charge in [0.05, 0.1) is 5.69 Å². The number of aromatic nitrogens is 2. The molecular formula is C14H12N2. The molecule has 1 heterocycles. The van der Waals surface area contributed by atoms with E-state index in [4.69, 9.17) is 0 Å². The van der Waals surface area contributed by atoms with Crippen molar-refractivity contribution >= 4 is 21.7 Å². The molecular weight excluding hydrogens is 196 g/mol. The predicted octanol–water partition coefficient (Wildman–Crippen LogP) is 3.35. The van der Waals surface area contributed by atoms with Crippen molar-refractivity contribution in [1.29, 1.82) is 0 Å². The molecule has 2 aromatic carbocycles. The van der Waals surface area contributed by atoms with Gasteiger partial charge in [0.1, 0.15) is 5.52 Å². The molecule has 2 nitrogen and oxygen atoms in total. The van der Waals surface area contributed by atoms with Crippen LogP contribution in [0.5, 0.6) is 0 Å². The number of hydrogen-bond donors (Lipinski definition) is 0. The third kappa shape index (κ3) is 1.34. The first-order chi connectivity index (χ1) is 7.88. The molecule has 0 saturated heterocycles. The van der Waals surface area contributed by atoms with Crippen molar-refractivity contribution in [2.45, 2.75) is 13.3 Å². The van der Waals surface area contributed by atoms with Crippen LogP contribution in [-0.2, 0) is 6.42 Å². The van der Waals surface area contributed by atoms with Crippen molar-refractivity contribution in [3.05, 3.63) is 48.2 Å². The van der Waals surface area contributed by atoms with Crippen molar-refractivity contribution in [3.8, 4) is 0 Å². The van der Waals surface area contributed by atoms with E-state index in [1.807, 2.05) is 12.1 Å². The van der Waals surface area contributed by atoms with Gasteiger partial charge in [-0.05, 0) is 17.9 Å². The molecule has 0 bridgehead atoms. The summed E-state index contributed by atoms with van der Waals surface area (Å²) in [6, 6.07) is 14.7. The lowest BCUT2D eigenvalue weighted by Crippen LogP contribution is -1.91. The summed E-state index contributed by atoms with van der Waals surface area (Å²) >= 11 is 0. The van der Waals surface area contributed by atoms with Crippen molar-refractivity contribution in [3.63, 3.8) is 0 Å². The molecule has 78 valence electrons. The molecule has 3 rings (SSSR count). The molecule has 0 atom stereocenters. The summed E-state index contributed by atoms with van der Waals surface area (Å²) in [4.78, 5) is 0. The van der Waals surface area contributed by atoms with Crippen LogP contribution in [0.2, 0.25) is 0 Å². The van der Waals surface area contributed by atoms with E-state index in [2.05, 4.69) is 47.5 Å². The monoisotopic (exact) mass is 208 g/mol. The van der Waals surface area contributed by atoms with Crippen LogP contribution in [0.4, 0.5) is 0 Å². The maximum absolute atomic E-state index is 4.33. The van der Waals surface area contributed by atoms with Gasteiger partial charge in [0.25, 0.3) is 0 Å². The number of hydrogen-bond acceptors (Lipinski definition) is 2. The van der Waals surface area contributed by atoms with E-state index in [1.165, 1.54) is 16.2 Å². The average Bonchev–Trinajstić information content (AvgIpc) is 2.38. The number of aryl methyl sites for hydroxylation is 1. The smallest absolute Gasteiger partial charge is 0.101 e. The highest BCUT2D eigenvalue weighted by Crippen LogP contribution is 2.23. The van der Waals surface area contributed by atoms with Crippen LogP contribution in [0, 0.1) is 0 Å². The van der Waals surface area contributed by atoms with Gasteiger partial charge in [0, 0.05) is 10.8 Å². The summed E-state index contributed by atoms with van der Waals surface area (Å²) in [5, 5.41) is 12.1. The standard InChI is InChI=1S/C14H12N2/c1-2-12-9-11-8-7-10-5-3-4-6-13(10)14(11)16-15-12/h3-9H,2H2,1H3. The number of nitrogens with zero attached hydrogens (tertiary/aromatic N) is 2. The Labute approximate surface area is 93.9 Å². The Balaban J connectivity index is 2.43. The zero-order chi connectivity index (χ0) is 11.0. The van der Waals surface area contributed by atoms with Gasteiger partial charge in [0.2, 0.25) is 0 Å². The van der Waals surface area contributed by atoms with Crippen LogP contribution in [0.1, 0.15) is 12.6 Å². The first kappa shape index (κ1) is 9.28. The molecule has 0 radical (unpaired) electrons. The van der Waals surface area contributed by atoms with E-state index in [0.717, 1.165) is 17.6 Å². The molecule has 0 N–H and O–H groups in total. The van der Waals surface area contributed by atoms with Crippen LogP contribution in [-0.4, -0.2) is 10.2 Å². The SMILES string of the molecule is CCc1cc2ccc3ccccc3c2nn1. The number of rotatable bonds is 1. The highest BCUT2D eigenvalue weighted by Gasteiger charge is 2.02. The average molecular weight is 208 g/mol. The van der Waals surface area contributed by atoms with Crippen molar-refractivity contribution < 1.29 is 0 Å². The summed E-state index contributed by atoms with van der Waals surface area (Å²) in [5.74, 6) is 0. The molecule has 0 unspecified atom stereocenters. The van der Waals surface area contributed by atoms with E-state index in [9.17, 15) is 0 Å². The first-order valence-electron chi connectivity index (χ1n) is 5.52. The Morgan fingerprint density at radius 1 is 0.938 bits per heavy atom. The van der Waals surface area contributed by atoms with E-state index < -0.39 is 0 Å². The fraction of sp³-hybridized carbons (Fsp3) is 0.143. The molecule has 3 aromatic rings. The Morgan fingerprint density at radius 2 is 1.75 bits per heavy atom. The first-order valence-corrected chi connectivity index (χ1v) is 5.52. The number of benzene rings is 2. The Bertz CT molecular complexity index is 659. The second-order valence-corrected chi connectivity index (χ2v) is 3.91. The highest BCUT2D eigenvalue weighted by molar-refractivity contribution is 6.04. The van der Waals surface area contributed by atoms with Gasteiger partial charge < -0.3 is 0 Å². The van der Waals surface area contributed by atoms with E-state index in [1.54, 1.807) is 0 Å². The van der Waals surface area contributed by atoms with E-state index in [-0.39, 0.29) is 0 Å². The second kappa shape index (κ2) is 3.56. The topological polar surface area (TPSA) is 25.8 Å². The van der Waals surface area contributed by atoms with Gasteiger partial charge in [0.15, 0.2) is 0 Å². The van der Waals surface area contributed by atoms with E-state index >= 15 is 0 Å². The molecule has 0 aliphatic rings. The minimum Gasteiger partial charge on any atom is -0.155 e. The molecule has 0 aliphatic heterocycles. The maximum atomic E-state index is 4.33. The molecule has 0 fully saturated rings. The molecule has 2 heteroatoms. The normalized spacial score (nSPS) is 11.1. The molecule has 0 amide bonds. The van der Waals surface area contributed by atoms with Crippen molar-refractivity contribution in [2.75, 3.05) is 0 Å². The molecule has 0 aliphatic carbocycles. The summed E-state index contributed by atoms with van der Waals surface area (Å²) in [5.41, 5.74) is 2.04. The third-order valence-electron chi connectivity index (χ3n) is 2.89. The third-order valence-corrected chi connectivity index (χ3v) is 2.89. The van der Waals surface area contributed by atoms with Gasteiger partial charge in [-0.3, -0.25) is 0 Å². The van der Waals surface area contributed by atoms with Crippen molar-refractivity contribution in [2.24, 2.45) is 0 Å². The molecule has 16 heavy (non-hydrogen) atoms. The quantitative estimate of drug-likeness (QED) is 0.573. The molecule has 1 aromatic heterocycles. The van der Waals surface area contributed by atoms with Gasteiger partial charge in [-0.1, -0.05) is 43.3 Å². The highest BCUT2D eigenvalue weighted by atomic mass is 15.1. The summed E-state index contributed by atoms with van der Waals surface area (Å²) in [7, 11) is 0. The van der Waals surface area contributed by atoms with Gasteiger partial charge in [-0.25, -0.2) is 0 Å². The molecule has 0 spiro atoms. The largest absolute Gasteiger partial charge is 0.155 e. The Hall–Kier alpha value is -1.96. The van der Waals surface area contributed by atoms with Crippen LogP contribution in [0.15, 0.2) is 42.5 Å². The van der Waals surface area contributed by atoms with Crippen LogP contribution in [0.25, 0.3) is 21.7 Å². The van der Waals surface area contributed by atoms with Gasteiger partial charge in [-0.2, -0.15) is 5.10 Å². The minimum atomic E-state index is 0.926. The second-order valence-electron chi connectivity index (χ2n) is 3.91. The minimum absolute atomic E-state index is 0.926. The van der Waals surface area contributed by atoms with Crippen molar-refractivity contribution in [1.82, 2.24) is 10.2 Å². The van der Waals surface area contributed by atoms with E-state index in [0.29, 0.717) is 0 Å². The fourth-order valence-electron chi connectivity index (χ4n) is 2.00. The van der Waals surface area contributed by atoms with Gasteiger partial charge >= 0.3 is 0 Å². The maximum Gasteiger partial charge on any atom is 0.101 e. The van der Waals surface area contributed by atoms with Gasteiger partial charge in [-0.15, -0.1) is 5.10 Å². The fourth-order valence-corrected chi connectivity index (χ4v) is 2.00. The van der Waals surface area contributed by atoms with Crippen LogP contribution < -0.4 is 0 Å². The lowest BCUT2D eigenvalue weighted by atomic mass is 10.1. The number of fused-ring (bicyclic) bond motifs is 3.